The molecule has 0 fully saturated rings. The van der Waals surface area contributed by atoms with Gasteiger partial charge < -0.3 is 20.7 Å². The van der Waals surface area contributed by atoms with Crippen molar-refractivity contribution in [2.45, 2.75) is 72.1 Å². The molecule has 0 radical (unpaired) electrons. The lowest BCUT2D eigenvalue weighted by Gasteiger charge is -2.34. The maximum Gasteiger partial charge on any atom is 0.408 e. The molecule has 3 N–H and O–H groups in total. The van der Waals surface area contributed by atoms with Crippen LogP contribution in [0.5, 0.6) is 0 Å². The fourth-order valence-corrected chi connectivity index (χ4v) is 3.09. The molecule has 0 spiro atoms. The molecule has 0 aromatic carbocycles. The molecular formula is C18H33N5O2S. The van der Waals surface area contributed by atoms with Gasteiger partial charge in [-0.2, -0.15) is 0 Å². The van der Waals surface area contributed by atoms with E-state index in [9.17, 15) is 4.79 Å². The summed E-state index contributed by atoms with van der Waals surface area (Å²) >= 11 is 1.62. The van der Waals surface area contributed by atoms with Gasteiger partial charge in [0.05, 0.1) is 23.3 Å². The van der Waals surface area contributed by atoms with Gasteiger partial charge >= 0.3 is 6.09 Å². The topological polar surface area (TPSA) is 87.6 Å². The van der Waals surface area contributed by atoms with Crippen molar-refractivity contribution >= 4 is 23.4 Å². The van der Waals surface area contributed by atoms with Crippen LogP contribution in [0, 0.1) is 6.92 Å². The Kier molecular flexibility index (Phi) is 8.33. The molecule has 0 aliphatic heterocycles. The molecule has 1 rings (SSSR count). The third-order valence-corrected chi connectivity index (χ3v) is 5.13. The fraction of sp³-hybridized carbons (Fsp3) is 0.722. The number of alkyl carbamates (subject to hydrolysis) is 1. The Labute approximate surface area is 161 Å². The predicted octanol–water partition coefficient (Wildman–Crippen LogP) is 3.20. The van der Waals surface area contributed by atoms with Crippen LogP contribution < -0.4 is 16.0 Å². The molecule has 0 aliphatic carbocycles. The number of nitrogens with zero attached hydrogens (tertiary/aromatic N) is 2. The maximum absolute atomic E-state index is 12.2. The summed E-state index contributed by atoms with van der Waals surface area (Å²) < 4.78 is 5.41. The molecule has 0 saturated heterocycles. The van der Waals surface area contributed by atoms with Crippen LogP contribution >= 0.6 is 11.3 Å². The summed E-state index contributed by atoms with van der Waals surface area (Å²) in [4.78, 5) is 21.9. The van der Waals surface area contributed by atoms with Crippen LogP contribution in [0.2, 0.25) is 0 Å². The second-order valence-electron chi connectivity index (χ2n) is 7.25. The lowest BCUT2D eigenvalue weighted by Crippen LogP contribution is -2.57. The van der Waals surface area contributed by atoms with Crippen molar-refractivity contribution in [1.29, 1.82) is 0 Å². The van der Waals surface area contributed by atoms with E-state index in [0.717, 1.165) is 18.5 Å². The van der Waals surface area contributed by atoms with E-state index in [2.05, 4.69) is 39.8 Å². The second kappa shape index (κ2) is 9.75. The number of aryl methyl sites for hydroxylation is 1. The summed E-state index contributed by atoms with van der Waals surface area (Å²) in [6.07, 6.45) is 1.16. The van der Waals surface area contributed by atoms with Crippen molar-refractivity contribution < 1.29 is 9.53 Å². The van der Waals surface area contributed by atoms with Gasteiger partial charge in [0.25, 0.3) is 0 Å². The zero-order valence-corrected chi connectivity index (χ0v) is 17.8. The van der Waals surface area contributed by atoms with Crippen LogP contribution in [0.15, 0.2) is 10.5 Å². The Bertz CT molecular complexity index is 603. The normalized spacial score (nSPS) is 12.7. The van der Waals surface area contributed by atoms with Gasteiger partial charge in [0.1, 0.15) is 5.60 Å². The van der Waals surface area contributed by atoms with Crippen LogP contribution in [-0.4, -0.2) is 41.8 Å². The Hall–Kier alpha value is -1.83. The molecule has 0 atom stereocenters. The Morgan fingerprint density at radius 3 is 2.38 bits per heavy atom. The molecule has 0 aliphatic rings. The number of hydrogen-bond acceptors (Lipinski definition) is 5. The van der Waals surface area contributed by atoms with Crippen molar-refractivity contribution in [3.8, 4) is 0 Å². The second-order valence-corrected chi connectivity index (χ2v) is 8.19. The van der Waals surface area contributed by atoms with E-state index in [0.29, 0.717) is 19.0 Å². The van der Waals surface area contributed by atoms with E-state index in [1.165, 1.54) is 4.88 Å². The molecule has 1 amide bonds. The van der Waals surface area contributed by atoms with Crippen molar-refractivity contribution in [3.05, 3.63) is 16.1 Å². The molecular weight excluding hydrogens is 350 g/mol. The number of carbonyl (C=O) groups excluding carboxylic acids is 1. The van der Waals surface area contributed by atoms with Crippen LogP contribution in [-0.2, 0) is 11.3 Å². The highest BCUT2D eigenvalue weighted by Gasteiger charge is 2.30. The summed E-state index contributed by atoms with van der Waals surface area (Å²) in [6, 6.07) is 0. The minimum atomic E-state index is -0.519. The van der Waals surface area contributed by atoms with Crippen molar-refractivity contribution in [2.24, 2.45) is 4.99 Å². The van der Waals surface area contributed by atoms with Gasteiger partial charge in [0, 0.05) is 18.5 Å². The summed E-state index contributed by atoms with van der Waals surface area (Å²) in [6.45, 7) is 12.9. The number of nitrogens with one attached hydrogen (secondary N) is 3. The van der Waals surface area contributed by atoms with Gasteiger partial charge in [-0.15, -0.1) is 11.3 Å². The van der Waals surface area contributed by atoms with Crippen LogP contribution in [0.4, 0.5) is 4.79 Å². The number of guanidine groups is 1. The number of thiazole rings is 1. The first-order valence-electron chi connectivity index (χ1n) is 8.99. The quantitative estimate of drug-likeness (QED) is 0.497. The largest absolute Gasteiger partial charge is 0.444 e. The number of amides is 1. The van der Waals surface area contributed by atoms with Gasteiger partial charge in [0.15, 0.2) is 5.96 Å². The van der Waals surface area contributed by atoms with E-state index in [1.54, 1.807) is 18.4 Å². The lowest BCUT2D eigenvalue weighted by molar-refractivity contribution is 0.0448. The number of aromatic nitrogens is 1. The van der Waals surface area contributed by atoms with Crippen molar-refractivity contribution in [1.82, 2.24) is 20.9 Å². The standard InChI is InChI=1S/C18H33N5O2S/c1-8-18(9-2,23-16(24)25-17(4,5)6)11-21-15(19-7)20-10-14-13(3)22-12-26-14/h12H,8-11H2,1-7H3,(H,23,24)(H2,19,20,21). The molecule has 26 heavy (non-hydrogen) atoms. The Morgan fingerprint density at radius 1 is 1.27 bits per heavy atom. The highest BCUT2D eigenvalue weighted by Crippen LogP contribution is 2.16. The van der Waals surface area contributed by atoms with E-state index >= 15 is 0 Å². The average Bonchev–Trinajstić information content (AvgIpc) is 2.97. The van der Waals surface area contributed by atoms with E-state index in [4.69, 9.17) is 4.74 Å². The first-order valence-corrected chi connectivity index (χ1v) is 9.87. The number of hydrogen-bond donors (Lipinski definition) is 3. The SMILES string of the molecule is CCC(CC)(CNC(=NC)NCc1scnc1C)NC(=O)OC(C)(C)C. The summed E-state index contributed by atoms with van der Waals surface area (Å²) in [7, 11) is 1.73. The van der Waals surface area contributed by atoms with Gasteiger partial charge in [-0.25, -0.2) is 9.78 Å². The highest BCUT2D eigenvalue weighted by molar-refractivity contribution is 7.09. The molecule has 1 aromatic rings. The first kappa shape index (κ1) is 22.2. The van der Waals surface area contributed by atoms with Crippen molar-refractivity contribution in [2.75, 3.05) is 13.6 Å². The van der Waals surface area contributed by atoms with E-state index < -0.39 is 17.2 Å². The molecule has 0 unspecified atom stereocenters. The van der Waals surface area contributed by atoms with E-state index in [1.807, 2.05) is 33.2 Å². The van der Waals surface area contributed by atoms with Gasteiger partial charge in [-0.05, 0) is 40.5 Å². The predicted molar refractivity (Wildman–Crippen MR) is 108 cm³/mol. The number of carbonyl (C=O) groups is 1. The third kappa shape index (κ3) is 7.19. The third-order valence-electron chi connectivity index (χ3n) is 4.20. The minimum absolute atomic E-state index is 0.397. The van der Waals surface area contributed by atoms with Crippen LogP contribution in [0.3, 0.4) is 0 Å². The molecule has 148 valence electrons. The fourth-order valence-electron chi connectivity index (χ4n) is 2.37. The molecule has 1 aromatic heterocycles. The van der Waals surface area contributed by atoms with E-state index in [-0.39, 0.29) is 0 Å². The van der Waals surface area contributed by atoms with Crippen LogP contribution in [0.25, 0.3) is 0 Å². The van der Waals surface area contributed by atoms with Crippen molar-refractivity contribution in [3.63, 3.8) is 0 Å². The Balaban J connectivity index is 2.64. The molecule has 0 bridgehead atoms. The average molecular weight is 384 g/mol. The van der Waals surface area contributed by atoms with Gasteiger partial charge in [-0.1, -0.05) is 13.8 Å². The lowest BCUT2D eigenvalue weighted by atomic mass is 9.93. The Morgan fingerprint density at radius 2 is 1.92 bits per heavy atom. The minimum Gasteiger partial charge on any atom is -0.444 e. The summed E-state index contributed by atoms with van der Waals surface area (Å²) in [5.41, 5.74) is 1.95. The molecule has 8 heteroatoms. The van der Waals surface area contributed by atoms with Gasteiger partial charge in [-0.3, -0.25) is 4.99 Å². The zero-order valence-electron chi connectivity index (χ0n) is 17.0. The smallest absolute Gasteiger partial charge is 0.408 e. The maximum atomic E-state index is 12.2. The molecule has 7 nitrogen and oxygen atoms in total. The van der Waals surface area contributed by atoms with Crippen LogP contribution in [0.1, 0.15) is 58.0 Å². The number of ether oxygens (including phenoxy) is 1. The molecule has 1 heterocycles. The summed E-state index contributed by atoms with van der Waals surface area (Å²) in [5, 5.41) is 9.64. The van der Waals surface area contributed by atoms with Gasteiger partial charge in [0.2, 0.25) is 0 Å². The summed E-state index contributed by atoms with van der Waals surface area (Å²) in [5.74, 6) is 0.690. The molecule has 0 saturated carbocycles. The zero-order chi connectivity index (χ0) is 19.8. The number of aliphatic imine (C=N–C) groups is 1. The number of rotatable bonds is 7. The monoisotopic (exact) mass is 383 g/mol. The first-order chi connectivity index (χ1) is 12.1. The highest BCUT2D eigenvalue weighted by atomic mass is 32.1.